The van der Waals surface area contributed by atoms with Crippen LogP contribution in [0.3, 0.4) is 0 Å². The van der Waals surface area contributed by atoms with Gasteiger partial charge >= 0.3 is 0 Å². The number of hydrogen-bond acceptors (Lipinski definition) is 4. The molecule has 0 fully saturated rings. The van der Waals surface area contributed by atoms with Gasteiger partial charge in [-0.25, -0.2) is 8.42 Å². The summed E-state index contributed by atoms with van der Waals surface area (Å²) in [6, 6.07) is 5.78. The molecule has 1 rings (SSSR count). The Balaban J connectivity index is 0. The maximum atomic E-state index is 10.6. The van der Waals surface area contributed by atoms with Crippen molar-refractivity contribution in [1.29, 1.82) is 0 Å². The number of nitrogens with zero attached hydrogens (tertiary/aromatic N) is 1. The van der Waals surface area contributed by atoms with Gasteiger partial charge in [-0.3, -0.25) is 4.79 Å². The molecule has 7 heteroatoms. The minimum atomic E-state index is -4.27. The molecule has 1 amide bonds. The van der Waals surface area contributed by atoms with Crippen molar-refractivity contribution in [1.82, 2.24) is 0 Å². The standard InChI is InChI=1S/C21H46N.C18H37NO.C7H8O3S/c1-5-7-8-9-10-11-12-13-14-15-16-17-18-19-21-22(3,4)20-6-2;1-2-3-4-5-6-7-8-9-10-11-12-13-14-15-16-17-18(19)20;1-6-2-4-7(5-3-6)11(8,9)10/h5-21H2,1-4H3;2-17H2,1H3,(H2,19,20);2-5H,1H3,(H,8,9,10)/q+1;;/p-1. The quantitative estimate of drug-likeness (QED) is 0.0429. The van der Waals surface area contributed by atoms with Crippen molar-refractivity contribution in [2.24, 2.45) is 5.73 Å². The summed E-state index contributed by atoms with van der Waals surface area (Å²) in [5.74, 6) is -0.153. The lowest BCUT2D eigenvalue weighted by molar-refractivity contribution is -0.890. The summed E-state index contributed by atoms with van der Waals surface area (Å²) in [5, 5.41) is 0. The number of primary amides is 1. The van der Waals surface area contributed by atoms with Gasteiger partial charge in [-0.1, -0.05) is 205 Å². The van der Waals surface area contributed by atoms with Gasteiger partial charge in [-0.15, -0.1) is 0 Å². The van der Waals surface area contributed by atoms with Gasteiger partial charge in [-0.2, -0.15) is 0 Å². The fourth-order valence-corrected chi connectivity index (χ4v) is 7.30. The molecule has 0 unspecified atom stereocenters. The van der Waals surface area contributed by atoms with Crippen molar-refractivity contribution in [2.45, 2.75) is 232 Å². The molecule has 0 aliphatic heterocycles. The average Bonchev–Trinajstić information content (AvgIpc) is 3.10. The van der Waals surface area contributed by atoms with E-state index in [1.54, 1.807) is 12.1 Å². The Morgan fingerprint density at radius 3 is 1.09 bits per heavy atom. The molecule has 0 aliphatic rings. The third kappa shape index (κ3) is 43.2. The molecule has 1 aromatic rings. The van der Waals surface area contributed by atoms with E-state index >= 15 is 0 Å². The van der Waals surface area contributed by atoms with Crippen molar-refractivity contribution in [3.63, 3.8) is 0 Å². The zero-order valence-electron chi connectivity index (χ0n) is 36.2. The van der Waals surface area contributed by atoms with E-state index in [0.717, 1.165) is 12.0 Å². The molecule has 0 bridgehead atoms. The fraction of sp³-hybridized carbons (Fsp3) is 0.848. The van der Waals surface area contributed by atoms with Crippen molar-refractivity contribution in [3.8, 4) is 0 Å². The number of carbonyl (C=O) groups excluding carboxylic acids is 1. The lowest BCUT2D eigenvalue weighted by atomic mass is 10.0. The highest BCUT2D eigenvalue weighted by Crippen LogP contribution is 2.15. The van der Waals surface area contributed by atoms with Crippen LogP contribution in [0.4, 0.5) is 0 Å². The summed E-state index contributed by atoms with van der Waals surface area (Å²) in [5.41, 5.74) is 6.04. The number of benzene rings is 1. The minimum absolute atomic E-state index is 0.153. The van der Waals surface area contributed by atoms with Crippen LogP contribution in [0.5, 0.6) is 0 Å². The van der Waals surface area contributed by atoms with Gasteiger partial charge in [0.2, 0.25) is 5.91 Å². The van der Waals surface area contributed by atoms with Crippen LogP contribution in [0.2, 0.25) is 0 Å². The number of rotatable bonds is 34. The third-order valence-corrected chi connectivity index (χ3v) is 11.1. The second-order valence-corrected chi connectivity index (χ2v) is 17.8. The van der Waals surface area contributed by atoms with Crippen LogP contribution in [0, 0.1) is 6.92 Å². The summed E-state index contributed by atoms with van der Waals surface area (Å²) >= 11 is 0. The predicted octanol–water partition coefficient (Wildman–Crippen LogP) is 13.6. The van der Waals surface area contributed by atoms with Gasteiger partial charge in [-0.05, 0) is 44.7 Å². The topological polar surface area (TPSA) is 100 Å². The van der Waals surface area contributed by atoms with Crippen molar-refractivity contribution < 1.29 is 22.2 Å². The van der Waals surface area contributed by atoms with E-state index in [1.807, 2.05) is 6.92 Å². The predicted molar refractivity (Wildman–Crippen MR) is 230 cm³/mol. The number of aryl methyl sites for hydroxylation is 1. The molecule has 0 saturated heterocycles. The van der Waals surface area contributed by atoms with Gasteiger partial charge in [0, 0.05) is 6.42 Å². The fourth-order valence-electron chi connectivity index (χ4n) is 6.83. The summed E-state index contributed by atoms with van der Waals surface area (Å²) in [7, 11) is 0.492. The Morgan fingerprint density at radius 2 is 0.811 bits per heavy atom. The molecule has 0 atom stereocenters. The first-order valence-corrected chi connectivity index (χ1v) is 23.9. The zero-order valence-corrected chi connectivity index (χ0v) is 37.0. The number of quaternary nitrogens is 1. The molecule has 0 spiro atoms. The van der Waals surface area contributed by atoms with Gasteiger partial charge in [0.15, 0.2) is 0 Å². The maximum absolute atomic E-state index is 10.6. The molecule has 0 saturated carbocycles. The highest BCUT2D eigenvalue weighted by Gasteiger charge is 2.12. The summed E-state index contributed by atoms with van der Waals surface area (Å²) in [4.78, 5) is 10.4. The normalized spacial score (nSPS) is 11.5. The van der Waals surface area contributed by atoms with Gasteiger partial charge in [0.05, 0.1) is 32.1 Å². The first kappa shape index (κ1) is 53.7. The molecule has 1 aromatic carbocycles. The van der Waals surface area contributed by atoms with E-state index in [4.69, 9.17) is 5.73 Å². The van der Waals surface area contributed by atoms with Crippen LogP contribution in [0.25, 0.3) is 0 Å². The lowest BCUT2D eigenvalue weighted by Crippen LogP contribution is -2.40. The SMILES string of the molecule is CCCCCCCCCCCCCCCCCC(N)=O.CCCCCCCCCCCCCCCC[N+](C)(C)CCC.Cc1ccc(S(=O)(=O)[O-])cc1. The van der Waals surface area contributed by atoms with E-state index in [0.29, 0.717) is 6.42 Å². The minimum Gasteiger partial charge on any atom is -0.744 e. The number of unbranched alkanes of at least 4 members (excludes halogenated alkanes) is 27. The largest absolute Gasteiger partial charge is 0.744 e. The average molecular weight is 767 g/mol. The molecule has 6 nitrogen and oxygen atoms in total. The van der Waals surface area contributed by atoms with Crippen molar-refractivity contribution in [3.05, 3.63) is 29.8 Å². The second-order valence-electron chi connectivity index (χ2n) is 16.4. The molecular formula is C46H90N2O4S. The summed E-state index contributed by atoms with van der Waals surface area (Å²) < 4.78 is 32.4. The highest BCUT2D eigenvalue weighted by molar-refractivity contribution is 7.85. The first-order chi connectivity index (χ1) is 25.4. The number of carbonyl (C=O) groups is 1. The van der Waals surface area contributed by atoms with Gasteiger partial charge in [0.1, 0.15) is 10.1 Å². The molecule has 0 aliphatic carbocycles. The monoisotopic (exact) mass is 767 g/mol. The zero-order chi connectivity index (χ0) is 39.9. The van der Waals surface area contributed by atoms with E-state index in [2.05, 4.69) is 34.9 Å². The Morgan fingerprint density at radius 1 is 0.509 bits per heavy atom. The second kappa shape index (κ2) is 38.8. The van der Waals surface area contributed by atoms with E-state index < -0.39 is 10.1 Å². The van der Waals surface area contributed by atoms with Crippen LogP contribution in [-0.2, 0) is 14.9 Å². The van der Waals surface area contributed by atoms with Crippen LogP contribution in [0.15, 0.2) is 29.2 Å². The molecule has 0 heterocycles. The number of amides is 1. The molecule has 314 valence electrons. The molecular weight excluding hydrogens is 677 g/mol. The summed E-state index contributed by atoms with van der Waals surface area (Å²) in [6.45, 7) is 11.4. The van der Waals surface area contributed by atoms with E-state index in [-0.39, 0.29) is 10.8 Å². The molecule has 53 heavy (non-hydrogen) atoms. The maximum Gasteiger partial charge on any atom is 0.217 e. The van der Waals surface area contributed by atoms with E-state index in [9.17, 15) is 17.8 Å². The molecule has 0 radical (unpaired) electrons. The first-order valence-electron chi connectivity index (χ1n) is 22.5. The molecule has 0 aromatic heterocycles. The van der Waals surface area contributed by atoms with E-state index in [1.165, 1.54) is 216 Å². The van der Waals surface area contributed by atoms with Crippen LogP contribution >= 0.6 is 0 Å². The molecule has 2 N–H and O–H groups in total. The Hall–Kier alpha value is -1.44. The smallest absolute Gasteiger partial charge is 0.217 e. The van der Waals surface area contributed by atoms with Crippen molar-refractivity contribution >= 4 is 16.0 Å². The summed E-state index contributed by atoms with van der Waals surface area (Å²) in [6.07, 6.45) is 42.6. The Kier molecular flexibility index (Phi) is 39.3. The van der Waals surface area contributed by atoms with Crippen LogP contribution < -0.4 is 5.73 Å². The van der Waals surface area contributed by atoms with Crippen molar-refractivity contribution in [2.75, 3.05) is 27.2 Å². The number of hydrogen-bond donors (Lipinski definition) is 1. The van der Waals surface area contributed by atoms with Crippen LogP contribution in [-0.4, -0.2) is 50.5 Å². The highest BCUT2D eigenvalue weighted by atomic mass is 32.2. The van der Waals surface area contributed by atoms with Crippen LogP contribution in [0.1, 0.15) is 225 Å². The number of nitrogens with two attached hydrogens (primary N) is 1. The van der Waals surface area contributed by atoms with Gasteiger partial charge in [0.25, 0.3) is 0 Å². The lowest BCUT2D eigenvalue weighted by Gasteiger charge is -2.29. The Labute approximate surface area is 331 Å². The third-order valence-electron chi connectivity index (χ3n) is 10.3. The Bertz CT molecular complexity index is 1010. The van der Waals surface area contributed by atoms with Gasteiger partial charge < -0.3 is 14.8 Å².